The molecule has 2 aromatic carbocycles. The van der Waals surface area contributed by atoms with Crippen molar-refractivity contribution in [3.8, 4) is 5.75 Å². The second kappa shape index (κ2) is 8.53. The summed E-state index contributed by atoms with van der Waals surface area (Å²) in [5.41, 5.74) is 2.92. The zero-order valence-corrected chi connectivity index (χ0v) is 15.3. The minimum Gasteiger partial charge on any atom is -0.481 e. The molecule has 134 valence electrons. The van der Waals surface area contributed by atoms with Crippen LogP contribution in [-0.2, 0) is 17.9 Å². The van der Waals surface area contributed by atoms with E-state index in [1.54, 1.807) is 37.1 Å². The number of rotatable bonds is 7. The van der Waals surface area contributed by atoms with Gasteiger partial charge in [0.15, 0.2) is 6.10 Å². The fourth-order valence-corrected chi connectivity index (χ4v) is 2.57. The standard InChI is InChI=1S/C20H26N2O3/c1-15(25-19-10-6-8-17(12-19)14-23)20(24)22(4)13-16-7-5-9-18(11-16)21(2)3/h5-12,15,23H,13-14H2,1-4H3. The highest BCUT2D eigenvalue weighted by Gasteiger charge is 2.19. The van der Waals surface area contributed by atoms with E-state index in [4.69, 9.17) is 4.74 Å². The molecule has 0 bridgehead atoms. The molecule has 2 rings (SSSR count). The lowest BCUT2D eigenvalue weighted by molar-refractivity contribution is -0.137. The fourth-order valence-electron chi connectivity index (χ4n) is 2.57. The number of carbonyl (C=O) groups excluding carboxylic acids is 1. The summed E-state index contributed by atoms with van der Waals surface area (Å²) >= 11 is 0. The van der Waals surface area contributed by atoms with Gasteiger partial charge in [-0.3, -0.25) is 4.79 Å². The lowest BCUT2D eigenvalue weighted by atomic mass is 10.1. The maximum atomic E-state index is 12.6. The highest BCUT2D eigenvalue weighted by Crippen LogP contribution is 2.17. The van der Waals surface area contributed by atoms with Crippen LogP contribution in [0.4, 0.5) is 5.69 Å². The smallest absolute Gasteiger partial charge is 0.263 e. The van der Waals surface area contributed by atoms with E-state index in [1.165, 1.54) is 0 Å². The molecule has 5 heteroatoms. The Labute approximate surface area is 149 Å². The van der Waals surface area contributed by atoms with Crippen LogP contribution in [0, 0.1) is 0 Å². The van der Waals surface area contributed by atoms with Crippen molar-refractivity contribution in [2.24, 2.45) is 0 Å². The zero-order chi connectivity index (χ0) is 18.4. The summed E-state index contributed by atoms with van der Waals surface area (Å²) in [6.07, 6.45) is -0.601. The number of anilines is 1. The Morgan fingerprint density at radius 3 is 2.44 bits per heavy atom. The van der Waals surface area contributed by atoms with Crippen molar-refractivity contribution in [2.45, 2.75) is 26.2 Å². The first-order chi connectivity index (χ1) is 11.9. The molecule has 1 amide bonds. The predicted molar refractivity (Wildman–Crippen MR) is 99.7 cm³/mol. The van der Waals surface area contributed by atoms with Crippen molar-refractivity contribution >= 4 is 11.6 Å². The normalized spacial score (nSPS) is 11.7. The van der Waals surface area contributed by atoms with Gasteiger partial charge in [-0.05, 0) is 42.3 Å². The second-order valence-corrected chi connectivity index (χ2v) is 6.32. The molecule has 0 radical (unpaired) electrons. The number of benzene rings is 2. The Balaban J connectivity index is 1.99. The van der Waals surface area contributed by atoms with Gasteiger partial charge in [0, 0.05) is 33.4 Å². The zero-order valence-electron chi connectivity index (χ0n) is 15.3. The van der Waals surface area contributed by atoms with E-state index in [1.807, 2.05) is 43.3 Å². The first-order valence-corrected chi connectivity index (χ1v) is 8.28. The van der Waals surface area contributed by atoms with Crippen LogP contribution in [0.3, 0.4) is 0 Å². The molecular weight excluding hydrogens is 316 g/mol. The summed E-state index contributed by atoms with van der Waals surface area (Å²) in [6, 6.07) is 15.2. The van der Waals surface area contributed by atoms with Crippen molar-refractivity contribution < 1.29 is 14.6 Å². The molecule has 1 atom stereocenters. The number of aliphatic hydroxyl groups excluding tert-OH is 1. The molecule has 0 saturated heterocycles. The SMILES string of the molecule is CC(Oc1cccc(CO)c1)C(=O)N(C)Cc1cccc(N(C)C)c1. The molecule has 0 heterocycles. The highest BCUT2D eigenvalue weighted by molar-refractivity contribution is 5.80. The lowest BCUT2D eigenvalue weighted by Gasteiger charge is -2.23. The van der Waals surface area contributed by atoms with Gasteiger partial charge in [0.1, 0.15) is 5.75 Å². The van der Waals surface area contributed by atoms with Gasteiger partial charge in [-0.1, -0.05) is 24.3 Å². The van der Waals surface area contributed by atoms with Crippen LogP contribution in [0.5, 0.6) is 5.75 Å². The van der Waals surface area contributed by atoms with Gasteiger partial charge < -0.3 is 19.6 Å². The van der Waals surface area contributed by atoms with Crippen molar-refractivity contribution in [1.82, 2.24) is 4.90 Å². The Kier molecular flexibility index (Phi) is 6.42. The largest absolute Gasteiger partial charge is 0.481 e. The van der Waals surface area contributed by atoms with E-state index in [0.717, 1.165) is 16.8 Å². The van der Waals surface area contributed by atoms with Crippen LogP contribution >= 0.6 is 0 Å². The summed E-state index contributed by atoms with van der Waals surface area (Å²) in [7, 11) is 5.75. The van der Waals surface area contributed by atoms with Crippen LogP contribution in [0.1, 0.15) is 18.1 Å². The van der Waals surface area contributed by atoms with Crippen molar-refractivity contribution in [3.63, 3.8) is 0 Å². The second-order valence-electron chi connectivity index (χ2n) is 6.32. The molecular formula is C20H26N2O3. The lowest BCUT2D eigenvalue weighted by Crippen LogP contribution is -2.37. The van der Waals surface area contributed by atoms with Crippen LogP contribution in [0.15, 0.2) is 48.5 Å². The molecule has 0 fully saturated rings. The Hall–Kier alpha value is -2.53. The fraction of sp³-hybridized carbons (Fsp3) is 0.350. The highest BCUT2D eigenvalue weighted by atomic mass is 16.5. The van der Waals surface area contributed by atoms with E-state index in [2.05, 4.69) is 6.07 Å². The molecule has 0 aliphatic heterocycles. The van der Waals surface area contributed by atoms with Gasteiger partial charge >= 0.3 is 0 Å². The summed E-state index contributed by atoms with van der Waals surface area (Å²) in [6.45, 7) is 2.20. The van der Waals surface area contributed by atoms with Crippen LogP contribution < -0.4 is 9.64 Å². The van der Waals surface area contributed by atoms with Gasteiger partial charge in [-0.25, -0.2) is 0 Å². The molecule has 0 aromatic heterocycles. The molecule has 0 saturated carbocycles. The number of ether oxygens (including phenoxy) is 1. The third kappa shape index (κ3) is 5.22. The maximum absolute atomic E-state index is 12.6. The monoisotopic (exact) mass is 342 g/mol. The van der Waals surface area contributed by atoms with Crippen LogP contribution in [0.2, 0.25) is 0 Å². The number of likely N-dealkylation sites (N-methyl/N-ethyl adjacent to an activating group) is 1. The quantitative estimate of drug-likeness (QED) is 0.840. The Morgan fingerprint density at radius 1 is 1.08 bits per heavy atom. The molecule has 0 aliphatic carbocycles. The Bertz CT molecular complexity index is 716. The molecule has 0 spiro atoms. The predicted octanol–water partition coefficient (Wildman–Crippen LogP) is 2.67. The Morgan fingerprint density at radius 2 is 1.76 bits per heavy atom. The summed E-state index contributed by atoms with van der Waals surface area (Å²) < 4.78 is 5.73. The van der Waals surface area contributed by atoms with E-state index >= 15 is 0 Å². The molecule has 25 heavy (non-hydrogen) atoms. The molecule has 2 aromatic rings. The average Bonchev–Trinajstić information content (AvgIpc) is 2.61. The topological polar surface area (TPSA) is 53.0 Å². The van der Waals surface area contributed by atoms with E-state index in [9.17, 15) is 9.90 Å². The number of hydrogen-bond acceptors (Lipinski definition) is 4. The summed E-state index contributed by atoms with van der Waals surface area (Å²) in [5.74, 6) is 0.486. The number of hydrogen-bond donors (Lipinski definition) is 1. The average molecular weight is 342 g/mol. The van der Waals surface area contributed by atoms with E-state index in [-0.39, 0.29) is 12.5 Å². The van der Waals surface area contributed by atoms with Crippen molar-refractivity contribution in [2.75, 3.05) is 26.0 Å². The summed E-state index contributed by atoms with van der Waals surface area (Å²) in [5, 5.41) is 9.18. The third-order valence-electron chi connectivity index (χ3n) is 3.96. The first kappa shape index (κ1) is 18.8. The molecule has 0 aliphatic rings. The van der Waals surface area contributed by atoms with Gasteiger partial charge in [-0.15, -0.1) is 0 Å². The van der Waals surface area contributed by atoms with Gasteiger partial charge in [0.2, 0.25) is 0 Å². The van der Waals surface area contributed by atoms with Crippen molar-refractivity contribution in [3.05, 3.63) is 59.7 Å². The van der Waals surface area contributed by atoms with Gasteiger partial charge in [-0.2, -0.15) is 0 Å². The van der Waals surface area contributed by atoms with Gasteiger partial charge in [0.05, 0.1) is 6.61 Å². The number of amides is 1. The van der Waals surface area contributed by atoms with Crippen molar-refractivity contribution in [1.29, 1.82) is 0 Å². The minimum absolute atomic E-state index is 0.0539. The van der Waals surface area contributed by atoms with E-state index < -0.39 is 6.10 Å². The summed E-state index contributed by atoms with van der Waals surface area (Å²) in [4.78, 5) is 16.3. The van der Waals surface area contributed by atoms with Crippen LogP contribution in [0.25, 0.3) is 0 Å². The first-order valence-electron chi connectivity index (χ1n) is 8.28. The number of carbonyl (C=O) groups is 1. The molecule has 1 unspecified atom stereocenters. The van der Waals surface area contributed by atoms with Crippen LogP contribution in [-0.4, -0.2) is 43.2 Å². The minimum atomic E-state index is -0.601. The van der Waals surface area contributed by atoms with Gasteiger partial charge in [0.25, 0.3) is 5.91 Å². The number of aliphatic hydroxyl groups is 1. The molecule has 1 N–H and O–H groups in total. The molecule has 5 nitrogen and oxygen atoms in total. The third-order valence-corrected chi connectivity index (χ3v) is 3.96. The van der Waals surface area contributed by atoms with E-state index in [0.29, 0.717) is 12.3 Å². The number of nitrogens with zero attached hydrogens (tertiary/aromatic N) is 2. The maximum Gasteiger partial charge on any atom is 0.263 e.